The first-order valence-electron chi connectivity index (χ1n) is 6.85. The van der Waals surface area contributed by atoms with Crippen molar-refractivity contribution < 1.29 is 0 Å². The van der Waals surface area contributed by atoms with Gasteiger partial charge in [-0.05, 0) is 50.6 Å². The van der Waals surface area contributed by atoms with Crippen molar-refractivity contribution in [2.45, 2.75) is 45.1 Å². The molecule has 3 nitrogen and oxygen atoms in total. The molecule has 0 amide bonds. The minimum atomic E-state index is 0.548. The van der Waals surface area contributed by atoms with Gasteiger partial charge in [0.15, 0.2) is 0 Å². The summed E-state index contributed by atoms with van der Waals surface area (Å²) in [6, 6.07) is 0.548. The van der Waals surface area contributed by atoms with Crippen LogP contribution in [-0.2, 0) is 0 Å². The molecule has 92 valence electrons. The molecule has 1 saturated heterocycles. The number of likely N-dealkylation sites (tertiary alicyclic amines) is 1. The van der Waals surface area contributed by atoms with Gasteiger partial charge in [0.05, 0.1) is 11.7 Å². The van der Waals surface area contributed by atoms with Crippen LogP contribution in [0.1, 0.15) is 49.4 Å². The largest absolute Gasteiger partial charge is 0.294 e. The first-order valence-corrected chi connectivity index (χ1v) is 6.85. The van der Waals surface area contributed by atoms with Crippen LogP contribution in [0, 0.1) is 12.8 Å². The standard InChI is InChI=1S/C14H21N3/c1-11-8-15-10-16-14(11)13-4-2-3-7-17(13)9-12-5-6-12/h8,10,12-13H,2-7,9H2,1H3/t13-/m0/s1. The van der Waals surface area contributed by atoms with E-state index in [0.29, 0.717) is 6.04 Å². The Morgan fingerprint density at radius 2 is 2.18 bits per heavy atom. The zero-order valence-electron chi connectivity index (χ0n) is 10.6. The minimum absolute atomic E-state index is 0.548. The SMILES string of the molecule is Cc1cncnc1[C@@H]1CCCCN1CC1CC1. The van der Waals surface area contributed by atoms with Crippen LogP contribution in [-0.4, -0.2) is 28.0 Å². The second kappa shape index (κ2) is 4.73. The lowest BCUT2D eigenvalue weighted by molar-refractivity contribution is 0.138. The maximum absolute atomic E-state index is 4.53. The number of aromatic nitrogens is 2. The Labute approximate surface area is 103 Å². The van der Waals surface area contributed by atoms with Gasteiger partial charge < -0.3 is 0 Å². The second-order valence-corrected chi connectivity index (χ2v) is 5.54. The van der Waals surface area contributed by atoms with Gasteiger partial charge in [-0.1, -0.05) is 6.42 Å². The Morgan fingerprint density at radius 3 is 2.94 bits per heavy atom. The molecule has 0 radical (unpaired) electrons. The molecule has 2 aliphatic rings. The van der Waals surface area contributed by atoms with E-state index < -0.39 is 0 Å². The third-order valence-corrected chi connectivity index (χ3v) is 4.05. The Morgan fingerprint density at radius 1 is 1.29 bits per heavy atom. The van der Waals surface area contributed by atoms with Gasteiger partial charge in [-0.15, -0.1) is 0 Å². The van der Waals surface area contributed by atoms with Gasteiger partial charge in [0.1, 0.15) is 6.33 Å². The average Bonchev–Trinajstić information content (AvgIpc) is 3.15. The van der Waals surface area contributed by atoms with Crippen LogP contribution >= 0.6 is 0 Å². The van der Waals surface area contributed by atoms with Crippen molar-refractivity contribution in [1.82, 2.24) is 14.9 Å². The molecule has 0 N–H and O–H groups in total. The smallest absolute Gasteiger partial charge is 0.115 e. The van der Waals surface area contributed by atoms with Gasteiger partial charge in [-0.3, -0.25) is 4.90 Å². The van der Waals surface area contributed by atoms with E-state index in [1.807, 2.05) is 6.20 Å². The lowest BCUT2D eigenvalue weighted by atomic mass is 9.96. The summed E-state index contributed by atoms with van der Waals surface area (Å²) in [5, 5.41) is 0. The average molecular weight is 231 g/mol. The summed E-state index contributed by atoms with van der Waals surface area (Å²) in [4.78, 5) is 11.3. The fraction of sp³-hybridized carbons (Fsp3) is 0.714. The van der Waals surface area contributed by atoms with E-state index in [9.17, 15) is 0 Å². The Kier molecular flexibility index (Phi) is 3.10. The molecule has 1 saturated carbocycles. The van der Waals surface area contributed by atoms with Crippen molar-refractivity contribution in [1.29, 1.82) is 0 Å². The first-order chi connectivity index (χ1) is 8.34. The molecule has 17 heavy (non-hydrogen) atoms. The molecule has 1 aromatic rings. The van der Waals surface area contributed by atoms with E-state index >= 15 is 0 Å². The predicted octanol–water partition coefficient (Wildman–Crippen LogP) is 2.72. The zero-order valence-corrected chi connectivity index (χ0v) is 10.6. The summed E-state index contributed by atoms with van der Waals surface area (Å²) in [5.41, 5.74) is 2.51. The van der Waals surface area contributed by atoms with Crippen molar-refractivity contribution >= 4 is 0 Å². The Hall–Kier alpha value is -0.960. The topological polar surface area (TPSA) is 29.0 Å². The second-order valence-electron chi connectivity index (χ2n) is 5.54. The molecular formula is C14H21N3. The third kappa shape index (κ3) is 2.49. The van der Waals surface area contributed by atoms with Gasteiger partial charge in [-0.25, -0.2) is 9.97 Å². The lowest BCUT2D eigenvalue weighted by Crippen LogP contribution is -2.35. The fourth-order valence-electron chi connectivity index (χ4n) is 2.91. The summed E-state index contributed by atoms with van der Waals surface area (Å²) < 4.78 is 0. The third-order valence-electron chi connectivity index (χ3n) is 4.05. The molecule has 1 aliphatic carbocycles. The number of nitrogens with zero attached hydrogens (tertiary/aromatic N) is 3. The van der Waals surface area contributed by atoms with E-state index in [1.54, 1.807) is 6.33 Å². The highest BCUT2D eigenvalue weighted by molar-refractivity contribution is 5.18. The van der Waals surface area contributed by atoms with Gasteiger partial charge in [0, 0.05) is 12.7 Å². The molecule has 3 rings (SSSR count). The van der Waals surface area contributed by atoms with Crippen molar-refractivity contribution in [3.8, 4) is 0 Å². The number of aryl methyl sites for hydroxylation is 1. The van der Waals surface area contributed by atoms with Gasteiger partial charge in [0.2, 0.25) is 0 Å². The number of hydrogen-bond acceptors (Lipinski definition) is 3. The molecule has 3 heteroatoms. The highest BCUT2D eigenvalue weighted by Gasteiger charge is 2.31. The van der Waals surface area contributed by atoms with Crippen molar-refractivity contribution in [3.63, 3.8) is 0 Å². The number of piperidine rings is 1. The van der Waals surface area contributed by atoms with Crippen LogP contribution in [0.2, 0.25) is 0 Å². The van der Waals surface area contributed by atoms with Gasteiger partial charge in [-0.2, -0.15) is 0 Å². The van der Waals surface area contributed by atoms with Crippen LogP contribution < -0.4 is 0 Å². The van der Waals surface area contributed by atoms with Crippen molar-refractivity contribution in [2.75, 3.05) is 13.1 Å². The zero-order chi connectivity index (χ0) is 11.7. The quantitative estimate of drug-likeness (QED) is 0.801. The first kappa shape index (κ1) is 11.1. The highest BCUT2D eigenvalue weighted by atomic mass is 15.2. The van der Waals surface area contributed by atoms with Crippen LogP contribution in [0.3, 0.4) is 0 Å². The normalized spacial score (nSPS) is 26.1. The summed E-state index contributed by atoms with van der Waals surface area (Å²) in [7, 11) is 0. The van der Waals surface area contributed by atoms with E-state index in [0.717, 1.165) is 5.92 Å². The fourth-order valence-corrected chi connectivity index (χ4v) is 2.91. The molecule has 1 aromatic heterocycles. The van der Waals surface area contributed by atoms with E-state index in [2.05, 4.69) is 21.8 Å². The molecule has 2 fully saturated rings. The van der Waals surface area contributed by atoms with Crippen LogP contribution in [0.15, 0.2) is 12.5 Å². The van der Waals surface area contributed by atoms with E-state index in [-0.39, 0.29) is 0 Å². The van der Waals surface area contributed by atoms with Crippen molar-refractivity contribution in [2.24, 2.45) is 5.92 Å². The van der Waals surface area contributed by atoms with Gasteiger partial charge >= 0.3 is 0 Å². The van der Waals surface area contributed by atoms with Crippen LogP contribution in [0.5, 0.6) is 0 Å². The molecule has 1 aliphatic heterocycles. The summed E-state index contributed by atoms with van der Waals surface area (Å²) >= 11 is 0. The summed E-state index contributed by atoms with van der Waals surface area (Å²) in [6.07, 6.45) is 10.5. The summed E-state index contributed by atoms with van der Waals surface area (Å²) in [6.45, 7) is 4.68. The highest BCUT2D eigenvalue weighted by Crippen LogP contribution is 2.36. The monoisotopic (exact) mass is 231 g/mol. The lowest BCUT2D eigenvalue weighted by Gasteiger charge is -2.36. The molecule has 0 aromatic carbocycles. The number of rotatable bonds is 3. The maximum atomic E-state index is 4.53. The molecule has 1 atom stereocenters. The van der Waals surface area contributed by atoms with Gasteiger partial charge in [0.25, 0.3) is 0 Å². The van der Waals surface area contributed by atoms with E-state index in [4.69, 9.17) is 0 Å². The molecule has 2 heterocycles. The Bertz CT molecular complexity index is 387. The molecule has 0 unspecified atom stereocenters. The molecule has 0 spiro atoms. The predicted molar refractivity (Wildman–Crippen MR) is 67.7 cm³/mol. The molecular weight excluding hydrogens is 210 g/mol. The van der Waals surface area contributed by atoms with E-state index in [1.165, 1.54) is 56.5 Å². The van der Waals surface area contributed by atoms with Crippen molar-refractivity contribution in [3.05, 3.63) is 23.8 Å². The molecule has 0 bridgehead atoms. The minimum Gasteiger partial charge on any atom is -0.294 e. The Balaban J connectivity index is 1.80. The number of hydrogen-bond donors (Lipinski definition) is 0. The van der Waals surface area contributed by atoms with Crippen LogP contribution in [0.25, 0.3) is 0 Å². The summed E-state index contributed by atoms with van der Waals surface area (Å²) in [5.74, 6) is 0.970. The van der Waals surface area contributed by atoms with Crippen LogP contribution in [0.4, 0.5) is 0 Å². The maximum Gasteiger partial charge on any atom is 0.115 e.